The smallest absolute Gasteiger partial charge is 0.303 e. The number of halogens is 1. The van der Waals surface area contributed by atoms with Crippen molar-refractivity contribution in [3.05, 3.63) is 22.7 Å². The Morgan fingerprint density at radius 3 is 2.78 bits per heavy atom. The summed E-state index contributed by atoms with van der Waals surface area (Å²) in [7, 11) is 1.55. The van der Waals surface area contributed by atoms with Gasteiger partial charge in [0.1, 0.15) is 0 Å². The third-order valence-corrected chi connectivity index (χ3v) is 3.01. The first-order valence-electron chi connectivity index (χ1n) is 5.85. The van der Waals surface area contributed by atoms with E-state index in [1.807, 2.05) is 0 Å². The van der Waals surface area contributed by atoms with Crippen LogP contribution in [0.2, 0.25) is 5.02 Å². The van der Waals surface area contributed by atoms with Crippen molar-refractivity contribution < 1.29 is 19.4 Å². The van der Waals surface area contributed by atoms with Crippen molar-refractivity contribution in [3.8, 4) is 11.5 Å². The Morgan fingerprint density at radius 2 is 2.22 bits per heavy atom. The number of rotatable bonds is 6. The number of carbonyl (C=O) groups is 1. The molecule has 1 aromatic carbocycles. The number of aryl methyl sites for hydroxylation is 1. The molecule has 1 saturated carbocycles. The Labute approximate surface area is 110 Å². The summed E-state index contributed by atoms with van der Waals surface area (Å²) in [4.78, 5) is 10.5. The molecule has 0 aromatic heterocycles. The highest BCUT2D eigenvalue weighted by Crippen LogP contribution is 2.40. The maximum Gasteiger partial charge on any atom is 0.303 e. The number of aliphatic carboxylic acids is 1. The molecule has 98 valence electrons. The third kappa shape index (κ3) is 3.29. The lowest BCUT2D eigenvalue weighted by atomic mass is 10.1. The highest BCUT2D eigenvalue weighted by molar-refractivity contribution is 6.32. The zero-order valence-corrected chi connectivity index (χ0v) is 10.9. The maximum absolute atomic E-state index is 10.5. The fraction of sp³-hybridized carbons (Fsp3) is 0.462. The summed E-state index contributed by atoms with van der Waals surface area (Å²) in [5, 5.41) is 9.14. The molecular formula is C13H15ClO4. The van der Waals surface area contributed by atoms with Gasteiger partial charge in [-0.05, 0) is 37.0 Å². The summed E-state index contributed by atoms with van der Waals surface area (Å²) >= 11 is 6.15. The lowest BCUT2D eigenvalue weighted by molar-refractivity contribution is -0.136. The van der Waals surface area contributed by atoms with Crippen LogP contribution in [-0.2, 0) is 11.2 Å². The van der Waals surface area contributed by atoms with E-state index >= 15 is 0 Å². The number of ether oxygens (including phenoxy) is 2. The standard InChI is InChI=1S/C13H15ClO4/c1-17-11-7-8(2-5-12(15)16)6-10(14)13(11)18-9-3-4-9/h6-7,9H,2-5H2,1H3,(H,15,16). The van der Waals surface area contributed by atoms with Gasteiger partial charge in [0.15, 0.2) is 11.5 Å². The van der Waals surface area contributed by atoms with Crippen LogP contribution >= 0.6 is 11.6 Å². The molecule has 18 heavy (non-hydrogen) atoms. The average molecular weight is 271 g/mol. The molecule has 0 amide bonds. The first kappa shape index (κ1) is 13.0. The minimum Gasteiger partial charge on any atom is -0.493 e. The third-order valence-electron chi connectivity index (χ3n) is 2.73. The van der Waals surface area contributed by atoms with Gasteiger partial charge in [-0.25, -0.2) is 0 Å². The molecule has 4 nitrogen and oxygen atoms in total. The molecule has 2 rings (SSSR count). The van der Waals surface area contributed by atoms with Crippen molar-refractivity contribution >= 4 is 17.6 Å². The zero-order valence-electron chi connectivity index (χ0n) is 10.1. The van der Waals surface area contributed by atoms with E-state index in [9.17, 15) is 4.79 Å². The second-order valence-electron chi connectivity index (χ2n) is 4.32. The van der Waals surface area contributed by atoms with Crippen LogP contribution in [0, 0.1) is 0 Å². The molecule has 0 spiro atoms. The highest BCUT2D eigenvalue weighted by atomic mass is 35.5. The molecule has 0 saturated heterocycles. The fourth-order valence-corrected chi connectivity index (χ4v) is 1.91. The quantitative estimate of drug-likeness (QED) is 0.863. The molecule has 0 radical (unpaired) electrons. The van der Waals surface area contributed by atoms with Crippen LogP contribution in [0.3, 0.4) is 0 Å². The molecule has 0 heterocycles. The number of carboxylic acid groups (broad SMARTS) is 1. The second kappa shape index (κ2) is 5.48. The molecule has 1 N–H and O–H groups in total. The van der Waals surface area contributed by atoms with E-state index < -0.39 is 5.97 Å². The van der Waals surface area contributed by atoms with E-state index in [2.05, 4.69) is 0 Å². The summed E-state index contributed by atoms with van der Waals surface area (Å²) in [5.74, 6) is 0.291. The summed E-state index contributed by atoms with van der Waals surface area (Å²) in [6.07, 6.45) is 2.82. The SMILES string of the molecule is COc1cc(CCC(=O)O)cc(Cl)c1OC1CC1. The normalized spacial score (nSPS) is 14.3. The Hall–Kier alpha value is -1.42. The predicted octanol–water partition coefficient (Wildman–Crippen LogP) is 2.91. The summed E-state index contributed by atoms with van der Waals surface area (Å²) in [6.45, 7) is 0. The number of benzene rings is 1. The second-order valence-corrected chi connectivity index (χ2v) is 4.73. The van der Waals surface area contributed by atoms with Gasteiger partial charge in [-0.2, -0.15) is 0 Å². The van der Waals surface area contributed by atoms with Gasteiger partial charge in [0.2, 0.25) is 0 Å². The molecular weight excluding hydrogens is 256 g/mol. The minimum atomic E-state index is -0.830. The van der Waals surface area contributed by atoms with Crippen molar-refractivity contribution in [2.45, 2.75) is 31.8 Å². The molecule has 0 aliphatic heterocycles. The topological polar surface area (TPSA) is 55.8 Å². The van der Waals surface area contributed by atoms with Crippen molar-refractivity contribution in [2.75, 3.05) is 7.11 Å². The van der Waals surface area contributed by atoms with Crippen molar-refractivity contribution in [1.29, 1.82) is 0 Å². The Morgan fingerprint density at radius 1 is 1.50 bits per heavy atom. The first-order valence-corrected chi connectivity index (χ1v) is 6.23. The maximum atomic E-state index is 10.5. The summed E-state index contributed by atoms with van der Waals surface area (Å²) in [6, 6.07) is 3.53. The Balaban J connectivity index is 2.18. The molecule has 1 aromatic rings. The molecule has 1 fully saturated rings. The van der Waals surface area contributed by atoms with Crippen molar-refractivity contribution in [3.63, 3.8) is 0 Å². The first-order chi connectivity index (χ1) is 8.60. The lowest BCUT2D eigenvalue weighted by Gasteiger charge is -2.13. The average Bonchev–Trinajstić information content (AvgIpc) is 3.13. The van der Waals surface area contributed by atoms with Crippen LogP contribution in [0.25, 0.3) is 0 Å². The zero-order chi connectivity index (χ0) is 13.1. The Kier molecular flexibility index (Phi) is 3.97. The van der Waals surface area contributed by atoms with Crippen molar-refractivity contribution in [2.24, 2.45) is 0 Å². The van der Waals surface area contributed by atoms with Crippen LogP contribution in [0.4, 0.5) is 0 Å². The fourth-order valence-electron chi connectivity index (χ4n) is 1.64. The number of methoxy groups -OCH3 is 1. The molecule has 1 aliphatic rings. The van der Waals surface area contributed by atoms with E-state index in [1.165, 1.54) is 0 Å². The number of hydrogen-bond donors (Lipinski definition) is 1. The van der Waals surface area contributed by atoms with Gasteiger partial charge in [0.25, 0.3) is 0 Å². The van der Waals surface area contributed by atoms with Gasteiger partial charge in [0.05, 0.1) is 18.2 Å². The molecule has 0 unspecified atom stereocenters. The number of hydrogen-bond acceptors (Lipinski definition) is 3. The van der Waals surface area contributed by atoms with Gasteiger partial charge < -0.3 is 14.6 Å². The monoisotopic (exact) mass is 270 g/mol. The summed E-state index contributed by atoms with van der Waals surface area (Å²) in [5.41, 5.74) is 0.836. The van der Waals surface area contributed by atoms with Gasteiger partial charge in [-0.1, -0.05) is 11.6 Å². The predicted molar refractivity (Wildman–Crippen MR) is 67.6 cm³/mol. The van der Waals surface area contributed by atoms with E-state index in [1.54, 1.807) is 19.2 Å². The number of carboxylic acids is 1. The van der Waals surface area contributed by atoms with Crippen LogP contribution in [0.15, 0.2) is 12.1 Å². The van der Waals surface area contributed by atoms with Crippen LogP contribution < -0.4 is 9.47 Å². The van der Waals surface area contributed by atoms with E-state index in [0.29, 0.717) is 22.9 Å². The van der Waals surface area contributed by atoms with Gasteiger partial charge in [0, 0.05) is 6.42 Å². The van der Waals surface area contributed by atoms with Crippen LogP contribution in [-0.4, -0.2) is 24.3 Å². The van der Waals surface area contributed by atoms with E-state index in [4.69, 9.17) is 26.2 Å². The van der Waals surface area contributed by atoms with Gasteiger partial charge >= 0.3 is 5.97 Å². The Bertz CT molecular complexity index is 455. The minimum absolute atomic E-state index is 0.0717. The molecule has 0 bridgehead atoms. The van der Waals surface area contributed by atoms with Crippen molar-refractivity contribution in [1.82, 2.24) is 0 Å². The molecule has 1 aliphatic carbocycles. The van der Waals surface area contributed by atoms with Gasteiger partial charge in [-0.3, -0.25) is 4.79 Å². The highest BCUT2D eigenvalue weighted by Gasteiger charge is 2.26. The van der Waals surface area contributed by atoms with Gasteiger partial charge in [-0.15, -0.1) is 0 Å². The van der Waals surface area contributed by atoms with E-state index in [-0.39, 0.29) is 12.5 Å². The largest absolute Gasteiger partial charge is 0.493 e. The van der Waals surface area contributed by atoms with Crippen LogP contribution in [0.5, 0.6) is 11.5 Å². The van der Waals surface area contributed by atoms with Crippen LogP contribution in [0.1, 0.15) is 24.8 Å². The summed E-state index contributed by atoms with van der Waals surface area (Å²) < 4.78 is 10.9. The van der Waals surface area contributed by atoms with E-state index in [0.717, 1.165) is 18.4 Å². The lowest BCUT2D eigenvalue weighted by Crippen LogP contribution is -2.02. The molecule has 5 heteroatoms. The molecule has 0 atom stereocenters.